The lowest BCUT2D eigenvalue weighted by Gasteiger charge is -2.08. The molecule has 0 bridgehead atoms. The van der Waals surface area contributed by atoms with Crippen molar-refractivity contribution in [3.63, 3.8) is 0 Å². The Balaban J connectivity index is 2.25. The van der Waals surface area contributed by atoms with E-state index in [2.05, 4.69) is 21.2 Å². The molecule has 0 fully saturated rings. The summed E-state index contributed by atoms with van der Waals surface area (Å²) >= 11 is 8.92. The van der Waals surface area contributed by atoms with Gasteiger partial charge in [-0.1, -0.05) is 17.7 Å². The maximum absolute atomic E-state index is 13.3. The van der Waals surface area contributed by atoms with E-state index in [-0.39, 0.29) is 16.5 Å². The van der Waals surface area contributed by atoms with Crippen molar-refractivity contribution in [2.45, 2.75) is 6.92 Å². The highest BCUT2D eigenvalue weighted by atomic mass is 79.9. The van der Waals surface area contributed by atoms with Gasteiger partial charge in [-0.15, -0.1) is 0 Å². The number of hydrogen-bond acceptors (Lipinski definition) is 1. The molecule has 0 radical (unpaired) electrons. The van der Waals surface area contributed by atoms with Crippen LogP contribution in [0.1, 0.15) is 15.9 Å². The van der Waals surface area contributed by atoms with Gasteiger partial charge in [0.25, 0.3) is 5.91 Å². The van der Waals surface area contributed by atoms with E-state index in [1.807, 2.05) is 25.1 Å². The average Bonchev–Trinajstić information content (AvgIpc) is 2.37. The number of carbonyl (C=O) groups excluding carboxylic acids is 1. The summed E-state index contributed by atoms with van der Waals surface area (Å²) < 4.78 is 14.1. The highest BCUT2D eigenvalue weighted by Crippen LogP contribution is 2.24. The average molecular weight is 343 g/mol. The number of halogens is 3. The molecule has 0 saturated heterocycles. The normalized spacial score (nSPS) is 10.3. The van der Waals surface area contributed by atoms with Crippen LogP contribution in [0.5, 0.6) is 0 Å². The van der Waals surface area contributed by atoms with E-state index in [1.54, 1.807) is 0 Å². The zero-order valence-corrected chi connectivity index (χ0v) is 12.3. The predicted molar refractivity (Wildman–Crippen MR) is 78.2 cm³/mol. The molecule has 0 aliphatic carbocycles. The largest absolute Gasteiger partial charge is 0.321 e. The van der Waals surface area contributed by atoms with Crippen molar-refractivity contribution >= 4 is 39.1 Å². The molecule has 0 atom stereocenters. The summed E-state index contributed by atoms with van der Waals surface area (Å²) in [5.74, 6) is -1.00. The van der Waals surface area contributed by atoms with E-state index in [9.17, 15) is 9.18 Å². The van der Waals surface area contributed by atoms with E-state index >= 15 is 0 Å². The molecule has 0 heterocycles. The molecule has 0 aromatic heterocycles. The molecule has 2 nitrogen and oxygen atoms in total. The Morgan fingerprint density at radius 2 is 2.00 bits per heavy atom. The molecule has 2 rings (SSSR count). The summed E-state index contributed by atoms with van der Waals surface area (Å²) in [4.78, 5) is 12.0. The molecule has 0 aliphatic heterocycles. The summed E-state index contributed by atoms with van der Waals surface area (Å²) in [5.41, 5.74) is 1.87. The number of benzene rings is 2. The van der Waals surface area contributed by atoms with E-state index in [1.165, 1.54) is 12.1 Å². The van der Waals surface area contributed by atoms with Crippen LogP contribution in [0.2, 0.25) is 5.02 Å². The number of rotatable bonds is 2. The van der Waals surface area contributed by atoms with Gasteiger partial charge in [0, 0.05) is 10.0 Å². The number of carbonyl (C=O) groups is 1. The first-order chi connectivity index (χ1) is 8.97. The van der Waals surface area contributed by atoms with Gasteiger partial charge < -0.3 is 5.32 Å². The van der Waals surface area contributed by atoms with Crippen LogP contribution in [0, 0.1) is 12.7 Å². The zero-order valence-electron chi connectivity index (χ0n) is 10.0. The Bertz CT molecular complexity index is 645. The number of aryl methyl sites for hydroxylation is 1. The molecular formula is C14H10BrClFNO. The third-order valence-corrected chi connectivity index (χ3v) is 3.55. The molecule has 1 amide bonds. The quantitative estimate of drug-likeness (QED) is 0.834. The highest BCUT2D eigenvalue weighted by Gasteiger charge is 2.10. The minimum absolute atomic E-state index is 0.00622. The molecule has 0 saturated carbocycles. The molecule has 98 valence electrons. The zero-order chi connectivity index (χ0) is 14.0. The summed E-state index contributed by atoms with van der Waals surface area (Å²) in [6.45, 7) is 1.92. The van der Waals surface area contributed by atoms with Crippen molar-refractivity contribution in [3.05, 3.63) is 62.8 Å². The van der Waals surface area contributed by atoms with Crippen LogP contribution >= 0.6 is 27.5 Å². The molecule has 0 aliphatic rings. The standard InChI is InChI=1S/C14H10BrClFNO/c1-8-2-4-10(15)13(6-8)18-14(19)9-3-5-11(16)12(17)7-9/h2-7H,1H3,(H,18,19). The Kier molecular flexibility index (Phi) is 4.22. The molecule has 2 aromatic rings. The second-order valence-electron chi connectivity index (χ2n) is 4.07. The summed E-state index contributed by atoms with van der Waals surface area (Å²) in [6.07, 6.45) is 0. The fraction of sp³-hybridized carbons (Fsp3) is 0.0714. The fourth-order valence-corrected chi connectivity index (χ4v) is 2.03. The van der Waals surface area contributed by atoms with E-state index in [4.69, 9.17) is 11.6 Å². The molecule has 19 heavy (non-hydrogen) atoms. The van der Waals surface area contributed by atoms with Gasteiger partial charge in [-0.05, 0) is 58.7 Å². The number of anilines is 1. The van der Waals surface area contributed by atoms with Gasteiger partial charge in [-0.2, -0.15) is 0 Å². The Morgan fingerprint density at radius 3 is 2.68 bits per heavy atom. The van der Waals surface area contributed by atoms with Crippen molar-refractivity contribution in [2.75, 3.05) is 5.32 Å². The van der Waals surface area contributed by atoms with Crippen LogP contribution in [0.25, 0.3) is 0 Å². The first-order valence-corrected chi connectivity index (χ1v) is 6.67. The second-order valence-corrected chi connectivity index (χ2v) is 5.33. The van der Waals surface area contributed by atoms with E-state index < -0.39 is 5.82 Å². The van der Waals surface area contributed by atoms with Crippen molar-refractivity contribution in [1.29, 1.82) is 0 Å². The topological polar surface area (TPSA) is 29.1 Å². The fourth-order valence-electron chi connectivity index (χ4n) is 1.57. The molecule has 0 unspecified atom stereocenters. The number of hydrogen-bond donors (Lipinski definition) is 1. The van der Waals surface area contributed by atoms with Crippen molar-refractivity contribution < 1.29 is 9.18 Å². The first-order valence-electron chi connectivity index (χ1n) is 5.50. The SMILES string of the molecule is Cc1ccc(Br)c(NC(=O)c2ccc(Cl)c(F)c2)c1. The van der Waals surface area contributed by atoms with Crippen LogP contribution in [0.3, 0.4) is 0 Å². The lowest BCUT2D eigenvalue weighted by Crippen LogP contribution is -2.12. The Morgan fingerprint density at radius 1 is 1.26 bits per heavy atom. The summed E-state index contributed by atoms with van der Waals surface area (Å²) in [6, 6.07) is 9.53. The van der Waals surface area contributed by atoms with Crippen LogP contribution < -0.4 is 5.32 Å². The van der Waals surface area contributed by atoms with Gasteiger partial charge in [0.15, 0.2) is 0 Å². The van der Waals surface area contributed by atoms with Gasteiger partial charge in [0.05, 0.1) is 10.7 Å². The van der Waals surface area contributed by atoms with E-state index in [0.717, 1.165) is 16.1 Å². The number of amides is 1. The molecule has 2 aromatic carbocycles. The first kappa shape index (κ1) is 14.0. The highest BCUT2D eigenvalue weighted by molar-refractivity contribution is 9.10. The number of nitrogens with one attached hydrogen (secondary N) is 1. The molecular weight excluding hydrogens is 333 g/mol. The van der Waals surface area contributed by atoms with Crippen LogP contribution in [-0.2, 0) is 0 Å². The monoisotopic (exact) mass is 341 g/mol. The maximum atomic E-state index is 13.3. The Labute approximate surface area is 123 Å². The minimum Gasteiger partial charge on any atom is -0.321 e. The third-order valence-electron chi connectivity index (χ3n) is 2.55. The minimum atomic E-state index is -0.613. The predicted octanol–water partition coefficient (Wildman–Crippen LogP) is 4.80. The smallest absolute Gasteiger partial charge is 0.255 e. The van der Waals surface area contributed by atoms with Crippen molar-refractivity contribution in [1.82, 2.24) is 0 Å². The maximum Gasteiger partial charge on any atom is 0.255 e. The lowest BCUT2D eigenvalue weighted by molar-refractivity contribution is 0.102. The third kappa shape index (κ3) is 3.33. The second kappa shape index (κ2) is 5.72. The van der Waals surface area contributed by atoms with E-state index in [0.29, 0.717) is 5.69 Å². The lowest BCUT2D eigenvalue weighted by atomic mass is 10.2. The molecule has 5 heteroatoms. The van der Waals surface area contributed by atoms with Crippen molar-refractivity contribution in [2.24, 2.45) is 0 Å². The van der Waals surface area contributed by atoms with Crippen LogP contribution in [-0.4, -0.2) is 5.91 Å². The summed E-state index contributed by atoms with van der Waals surface area (Å²) in [5, 5.41) is 2.71. The van der Waals surface area contributed by atoms with Crippen LogP contribution in [0.15, 0.2) is 40.9 Å². The van der Waals surface area contributed by atoms with Crippen molar-refractivity contribution in [3.8, 4) is 0 Å². The Hall–Kier alpha value is -1.39. The molecule has 1 N–H and O–H groups in total. The van der Waals surface area contributed by atoms with Gasteiger partial charge in [-0.3, -0.25) is 4.79 Å². The molecule has 0 spiro atoms. The summed E-state index contributed by atoms with van der Waals surface area (Å²) in [7, 11) is 0. The van der Waals surface area contributed by atoms with Gasteiger partial charge in [0.2, 0.25) is 0 Å². The van der Waals surface area contributed by atoms with Gasteiger partial charge >= 0.3 is 0 Å². The van der Waals surface area contributed by atoms with Gasteiger partial charge in [-0.25, -0.2) is 4.39 Å². The van der Waals surface area contributed by atoms with Gasteiger partial charge in [0.1, 0.15) is 5.82 Å². The van der Waals surface area contributed by atoms with Crippen LogP contribution in [0.4, 0.5) is 10.1 Å².